The van der Waals surface area contributed by atoms with Gasteiger partial charge in [0.15, 0.2) is 9.84 Å². The summed E-state index contributed by atoms with van der Waals surface area (Å²) in [5, 5.41) is 2.68. The van der Waals surface area contributed by atoms with E-state index in [0.29, 0.717) is 19.5 Å². The lowest BCUT2D eigenvalue weighted by Gasteiger charge is -2.18. The van der Waals surface area contributed by atoms with Crippen molar-refractivity contribution in [3.8, 4) is 0 Å². The van der Waals surface area contributed by atoms with Gasteiger partial charge in [0.2, 0.25) is 11.8 Å². The number of nitrogens with one attached hydrogen (secondary N) is 1. The molecule has 1 fully saturated rings. The van der Waals surface area contributed by atoms with E-state index in [-0.39, 0.29) is 35.4 Å². The van der Waals surface area contributed by atoms with Gasteiger partial charge in [0.1, 0.15) is 0 Å². The third-order valence-corrected chi connectivity index (χ3v) is 5.03. The summed E-state index contributed by atoms with van der Waals surface area (Å²) in [4.78, 5) is 25.1. The maximum atomic E-state index is 12.1. The number of carbonyl (C=O) groups is 2. The van der Waals surface area contributed by atoms with Crippen molar-refractivity contribution in [2.75, 3.05) is 25.4 Å². The number of nitrogens with zero attached hydrogens (tertiary/aromatic N) is 1. The van der Waals surface area contributed by atoms with Crippen molar-refractivity contribution in [2.45, 2.75) is 17.7 Å². The van der Waals surface area contributed by atoms with Gasteiger partial charge < -0.3 is 10.2 Å². The summed E-state index contributed by atoms with van der Waals surface area (Å²) in [5.41, 5.74) is 0. The molecule has 0 aromatic heterocycles. The van der Waals surface area contributed by atoms with Crippen LogP contribution in [0.2, 0.25) is 0 Å². The smallest absolute Gasteiger partial charge is 0.239 e. The average Bonchev–Trinajstić information content (AvgIpc) is 2.70. The highest BCUT2D eigenvalue weighted by Crippen LogP contribution is 2.12. The molecule has 0 unspecified atom stereocenters. The zero-order chi connectivity index (χ0) is 15.3. The summed E-state index contributed by atoms with van der Waals surface area (Å²) in [5.74, 6) is -0.744. The molecule has 114 valence electrons. The van der Waals surface area contributed by atoms with Crippen LogP contribution in [-0.2, 0) is 19.4 Å². The Morgan fingerprint density at radius 1 is 1.24 bits per heavy atom. The van der Waals surface area contributed by atoms with Crippen LogP contribution in [0.1, 0.15) is 12.8 Å². The molecule has 1 saturated heterocycles. The van der Waals surface area contributed by atoms with Crippen LogP contribution in [0.25, 0.3) is 0 Å². The first kappa shape index (κ1) is 15.5. The highest BCUT2D eigenvalue weighted by Gasteiger charge is 2.22. The maximum absolute atomic E-state index is 12.1. The van der Waals surface area contributed by atoms with E-state index < -0.39 is 9.84 Å². The van der Waals surface area contributed by atoms with Crippen LogP contribution < -0.4 is 5.32 Å². The molecule has 1 heterocycles. The molecule has 2 amide bonds. The van der Waals surface area contributed by atoms with E-state index >= 15 is 0 Å². The number of hydrogen-bond donors (Lipinski definition) is 1. The maximum Gasteiger partial charge on any atom is 0.239 e. The van der Waals surface area contributed by atoms with Crippen LogP contribution in [0.15, 0.2) is 35.2 Å². The van der Waals surface area contributed by atoms with Crippen LogP contribution in [0, 0.1) is 0 Å². The second-order valence-electron chi connectivity index (χ2n) is 4.90. The quantitative estimate of drug-likeness (QED) is 0.861. The van der Waals surface area contributed by atoms with Gasteiger partial charge in [-0.3, -0.25) is 9.59 Å². The first-order valence-corrected chi connectivity index (χ1v) is 8.46. The number of benzene rings is 1. The van der Waals surface area contributed by atoms with Gasteiger partial charge >= 0.3 is 0 Å². The SMILES string of the molecule is O=C1CN(C(=O)CCS(=O)(=O)c2ccccc2)CCCN1. The van der Waals surface area contributed by atoms with Crippen molar-refractivity contribution in [3.05, 3.63) is 30.3 Å². The third kappa shape index (κ3) is 4.29. The minimum absolute atomic E-state index is 0.00418. The molecule has 21 heavy (non-hydrogen) atoms. The van der Waals surface area contributed by atoms with Gasteiger partial charge in [0.05, 0.1) is 17.2 Å². The molecule has 1 aliphatic heterocycles. The lowest BCUT2D eigenvalue weighted by atomic mass is 10.3. The number of amides is 2. The minimum atomic E-state index is -3.46. The fourth-order valence-electron chi connectivity index (χ4n) is 2.14. The summed E-state index contributed by atoms with van der Waals surface area (Å²) in [7, 11) is -3.46. The Balaban J connectivity index is 1.96. The van der Waals surface area contributed by atoms with Crippen molar-refractivity contribution in [2.24, 2.45) is 0 Å². The van der Waals surface area contributed by atoms with Gasteiger partial charge in [-0.15, -0.1) is 0 Å². The number of carbonyl (C=O) groups excluding carboxylic acids is 2. The zero-order valence-electron chi connectivity index (χ0n) is 11.6. The first-order valence-electron chi connectivity index (χ1n) is 6.81. The predicted octanol–water partition coefficient (Wildman–Crippen LogP) is 0.199. The molecule has 0 spiro atoms. The second-order valence-corrected chi connectivity index (χ2v) is 7.01. The first-order chi connectivity index (χ1) is 9.99. The highest BCUT2D eigenvalue weighted by molar-refractivity contribution is 7.91. The summed E-state index contributed by atoms with van der Waals surface area (Å²) in [6, 6.07) is 8.06. The molecule has 1 N–H and O–H groups in total. The van der Waals surface area contributed by atoms with Crippen LogP contribution in [0.3, 0.4) is 0 Å². The Bertz CT molecular complexity index is 613. The molecule has 0 aliphatic carbocycles. The number of hydrogen-bond acceptors (Lipinski definition) is 4. The Kier molecular flexibility index (Phi) is 4.95. The van der Waals surface area contributed by atoms with Crippen molar-refractivity contribution in [1.82, 2.24) is 10.2 Å². The van der Waals surface area contributed by atoms with Crippen LogP contribution in [0.5, 0.6) is 0 Å². The molecular formula is C14H18N2O4S. The van der Waals surface area contributed by atoms with E-state index in [1.807, 2.05) is 0 Å². The summed E-state index contributed by atoms with van der Waals surface area (Å²) in [6.45, 7) is 1.03. The van der Waals surface area contributed by atoms with Gasteiger partial charge in [-0.05, 0) is 18.6 Å². The van der Waals surface area contributed by atoms with Crippen molar-refractivity contribution >= 4 is 21.7 Å². The molecule has 1 aliphatic rings. The van der Waals surface area contributed by atoms with E-state index in [1.165, 1.54) is 17.0 Å². The molecule has 1 aromatic rings. The van der Waals surface area contributed by atoms with Crippen LogP contribution in [0.4, 0.5) is 0 Å². The van der Waals surface area contributed by atoms with Crippen molar-refractivity contribution in [1.29, 1.82) is 0 Å². The minimum Gasteiger partial charge on any atom is -0.354 e. The van der Waals surface area contributed by atoms with Crippen molar-refractivity contribution in [3.63, 3.8) is 0 Å². The largest absolute Gasteiger partial charge is 0.354 e. The molecule has 1 aromatic carbocycles. The van der Waals surface area contributed by atoms with E-state index in [2.05, 4.69) is 5.32 Å². The zero-order valence-corrected chi connectivity index (χ0v) is 12.4. The summed E-state index contributed by atoms with van der Waals surface area (Å²) >= 11 is 0. The van der Waals surface area contributed by atoms with E-state index in [0.717, 1.165) is 0 Å². The monoisotopic (exact) mass is 310 g/mol. The summed E-state index contributed by atoms with van der Waals surface area (Å²) < 4.78 is 24.2. The predicted molar refractivity (Wildman–Crippen MR) is 77.3 cm³/mol. The molecule has 2 rings (SSSR count). The van der Waals surface area contributed by atoms with Gasteiger partial charge in [0.25, 0.3) is 0 Å². The standard InChI is InChI=1S/C14H18N2O4S/c17-13-11-16(9-4-8-15-13)14(18)7-10-21(19,20)12-5-2-1-3-6-12/h1-3,5-6H,4,7-11H2,(H,15,17). The molecule has 6 nitrogen and oxygen atoms in total. The van der Waals surface area contributed by atoms with Gasteiger partial charge in [-0.1, -0.05) is 18.2 Å². The lowest BCUT2D eigenvalue weighted by molar-refractivity contribution is -0.134. The van der Waals surface area contributed by atoms with Crippen LogP contribution in [-0.4, -0.2) is 50.5 Å². The Morgan fingerprint density at radius 3 is 2.67 bits per heavy atom. The fraction of sp³-hybridized carbons (Fsp3) is 0.429. The molecule has 7 heteroatoms. The molecule has 0 atom stereocenters. The van der Waals surface area contributed by atoms with E-state index in [4.69, 9.17) is 0 Å². The highest BCUT2D eigenvalue weighted by atomic mass is 32.2. The van der Waals surface area contributed by atoms with Gasteiger partial charge in [-0.2, -0.15) is 0 Å². The second kappa shape index (κ2) is 6.71. The Hall–Kier alpha value is -1.89. The molecule has 0 saturated carbocycles. The Morgan fingerprint density at radius 2 is 1.95 bits per heavy atom. The topological polar surface area (TPSA) is 83.6 Å². The third-order valence-electron chi connectivity index (χ3n) is 3.30. The average molecular weight is 310 g/mol. The molecule has 0 bridgehead atoms. The summed E-state index contributed by atoms with van der Waals surface area (Å²) in [6.07, 6.45) is 0.577. The number of sulfone groups is 1. The normalized spacial score (nSPS) is 16.2. The lowest BCUT2D eigenvalue weighted by Crippen LogP contribution is -2.38. The molecular weight excluding hydrogens is 292 g/mol. The number of rotatable bonds is 4. The van der Waals surface area contributed by atoms with Gasteiger partial charge in [-0.25, -0.2) is 8.42 Å². The molecule has 0 radical (unpaired) electrons. The van der Waals surface area contributed by atoms with E-state index in [9.17, 15) is 18.0 Å². The van der Waals surface area contributed by atoms with E-state index in [1.54, 1.807) is 18.2 Å². The van der Waals surface area contributed by atoms with Gasteiger partial charge in [0, 0.05) is 19.5 Å². The fourth-order valence-corrected chi connectivity index (χ4v) is 3.40. The Labute approximate surface area is 124 Å². The van der Waals surface area contributed by atoms with Crippen LogP contribution >= 0.6 is 0 Å². The van der Waals surface area contributed by atoms with Crippen molar-refractivity contribution < 1.29 is 18.0 Å².